The van der Waals surface area contributed by atoms with Crippen LogP contribution in [-0.2, 0) is 4.74 Å². The molecule has 0 atom stereocenters. The normalized spacial score (nSPS) is 10.6. The summed E-state index contributed by atoms with van der Waals surface area (Å²) in [6, 6.07) is 6.24. The van der Waals surface area contributed by atoms with Gasteiger partial charge >= 0.3 is 0 Å². The van der Waals surface area contributed by atoms with Gasteiger partial charge in [0.2, 0.25) is 5.95 Å². The molecule has 0 unspecified atom stereocenters. The predicted octanol–water partition coefficient (Wildman–Crippen LogP) is 3.51. The van der Waals surface area contributed by atoms with Crippen molar-refractivity contribution in [3.8, 4) is 0 Å². The van der Waals surface area contributed by atoms with E-state index < -0.39 is 0 Å². The number of aryl methyl sites for hydroxylation is 4. The van der Waals surface area contributed by atoms with Gasteiger partial charge in [-0.2, -0.15) is 4.98 Å². The van der Waals surface area contributed by atoms with E-state index in [1.54, 1.807) is 7.11 Å². The molecule has 2 rings (SSSR count). The van der Waals surface area contributed by atoms with E-state index in [0.29, 0.717) is 12.6 Å². The highest BCUT2D eigenvalue weighted by Crippen LogP contribution is 2.25. The molecule has 1 heterocycles. The standard InChI is InChI=1S/C17H24N4O/c1-11-8-12(2)16(13(3)9-11)21-17-19-14(4)10-15(20-17)18-6-7-22-5/h8-10H,6-7H2,1-5H3,(H2,18,19,20,21). The van der Waals surface area contributed by atoms with Crippen LogP contribution >= 0.6 is 0 Å². The van der Waals surface area contributed by atoms with Crippen molar-refractivity contribution in [1.29, 1.82) is 0 Å². The van der Waals surface area contributed by atoms with Crippen LogP contribution in [0.2, 0.25) is 0 Å². The molecule has 0 fully saturated rings. The van der Waals surface area contributed by atoms with Gasteiger partial charge < -0.3 is 15.4 Å². The summed E-state index contributed by atoms with van der Waals surface area (Å²) < 4.78 is 5.04. The van der Waals surface area contributed by atoms with Gasteiger partial charge in [0.15, 0.2) is 0 Å². The first kappa shape index (κ1) is 16.2. The number of methoxy groups -OCH3 is 1. The lowest BCUT2D eigenvalue weighted by molar-refractivity contribution is 0.210. The van der Waals surface area contributed by atoms with Crippen molar-refractivity contribution >= 4 is 17.5 Å². The Labute approximate surface area is 132 Å². The highest BCUT2D eigenvalue weighted by atomic mass is 16.5. The predicted molar refractivity (Wildman–Crippen MR) is 91.1 cm³/mol. The number of hydrogen-bond donors (Lipinski definition) is 2. The number of aromatic nitrogens is 2. The van der Waals surface area contributed by atoms with E-state index in [4.69, 9.17) is 4.74 Å². The Hall–Kier alpha value is -2.14. The van der Waals surface area contributed by atoms with Gasteiger partial charge in [0.05, 0.1) is 6.61 Å². The summed E-state index contributed by atoms with van der Waals surface area (Å²) in [7, 11) is 1.68. The Morgan fingerprint density at radius 3 is 2.32 bits per heavy atom. The largest absolute Gasteiger partial charge is 0.383 e. The maximum absolute atomic E-state index is 5.04. The molecule has 2 N–H and O–H groups in total. The van der Waals surface area contributed by atoms with Crippen LogP contribution in [-0.4, -0.2) is 30.2 Å². The van der Waals surface area contributed by atoms with Crippen molar-refractivity contribution in [1.82, 2.24) is 9.97 Å². The van der Waals surface area contributed by atoms with Crippen molar-refractivity contribution in [3.05, 3.63) is 40.6 Å². The third kappa shape index (κ3) is 4.18. The average Bonchev–Trinajstić information content (AvgIpc) is 2.42. The average molecular weight is 300 g/mol. The summed E-state index contributed by atoms with van der Waals surface area (Å²) in [6.45, 7) is 9.61. The first-order chi connectivity index (χ1) is 10.5. The van der Waals surface area contributed by atoms with Gasteiger partial charge in [-0.15, -0.1) is 0 Å². The lowest BCUT2D eigenvalue weighted by Gasteiger charge is -2.14. The van der Waals surface area contributed by atoms with Gasteiger partial charge in [0.25, 0.3) is 0 Å². The van der Waals surface area contributed by atoms with E-state index in [2.05, 4.69) is 53.5 Å². The second-order valence-electron chi connectivity index (χ2n) is 5.54. The van der Waals surface area contributed by atoms with Crippen molar-refractivity contribution in [3.63, 3.8) is 0 Å². The maximum atomic E-state index is 5.04. The van der Waals surface area contributed by atoms with Crippen LogP contribution in [0.4, 0.5) is 17.5 Å². The molecule has 2 aromatic rings. The summed E-state index contributed by atoms with van der Waals surface area (Å²) in [5.74, 6) is 1.41. The molecule has 1 aromatic carbocycles. The molecule has 118 valence electrons. The van der Waals surface area contributed by atoms with Gasteiger partial charge in [-0.05, 0) is 38.8 Å². The Kier molecular flexibility index (Phi) is 5.33. The smallest absolute Gasteiger partial charge is 0.229 e. The second-order valence-corrected chi connectivity index (χ2v) is 5.54. The minimum Gasteiger partial charge on any atom is -0.383 e. The van der Waals surface area contributed by atoms with Crippen molar-refractivity contribution in [2.24, 2.45) is 0 Å². The van der Waals surface area contributed by atoms with E-state index in [0.717, 1.165) is 23.7 Å². The summed E-state index contributed by atoms with van der Waals surface area (Å²) in [5, 5.41) is 6.58. The Balaban J connectivity index is 2.22. The summed E-state index contributed by atoms with van der Waals surface area (Å²) in [5.41, 5.74) is 5.62. The van der Waals surface area contributed by atoms with Crippen LogP contribution in [0, 0.1) is 27.7 Å². The highest BCUT2D eigenvalue weighted by molar-refractivity contribution is 5.64. The molecule has 5 nitrogen and oxygen atoms in total. The van der Waals surface area contributed by atoms with Crippen molar-refractivity contribution in [2.75, 3.05) is 30.9 Å². The molecule has 22 heavy (non-hydrogen) atoms. The molecule has 0 saturated carbocycles. The van der Waals surface area contributed by atoms with Crippen LogP contribution in [0.3, 0.4) is 0 Å². The van der Waals surface area contributed by atoms with E-state index in [1.165, 1.54) is 16.7 Å². The first-order valence-corrected chi connectivity index (χ1v) is 7.43. The zero-order valence-corrected chi connectivity index (χ0v) is 13.9. The monoisotopic (exact) mass is 300 g/mol. The van der Waals surface area contributed by atoms with Crippen LogP contribution < -0.4 is 10.6 Å². The van der Waals surface area contributed by atoms with Crippen molar-refractivity contribution in [2.45, 2.75) is 27.7 Å². The van der Waals surface area contributed by atoms with Crippen LogP contribution in [0.5, 0.6) is 0 Å². The topological polar surface area (TPSA) is 59.1 Å². The van der Waals surface area contributed by atoms with E-state index in [1.807, 2.05) is 13.0 Å². The fourth-order valence-electron chi connectivity index (χ4n) is 2.49. The number of nitrogens with zero attached hydrogens (tertiary/aromatic N) is 2. The fraction of sp³-hybridized carbons (Fsp3) is 0.412. The second kappa shape index (κ2) is 7.22. The zero-order valence-electron chi connectivity index (χ0n) is 13.9. The number of hydrogen-bond acceptors (Lipinski definition) is 5. The van der Waals surface area contributed by atoms with Gasteiger partial charge in [-0.25, -0.2) is 4.98 Å². The molecule has 0 amide bonds. The fourth-order valence-corrected chi connectivity index (χ4v) is 2.49. The molecule has 0 spiro atoms. The summed E-state index contributed by atoms with van der Waals surface area (Å²) >= 11 is 0. The van der Waals surface area contributed by atoms with Gasteiger partial charge in [0, 0.05) is 31.1 Å². The number of rotatable bonds is 6. The quantitative estimate of drug-likeness (QED) is 0.799. The summed E-state index contributed by atoms with van der Waals surface area (Å²) in [6.07, 6.45) is 0. The van der Waals surface area contributed by atoms with Gasteiger partial charge in [-0.3, -0.25) is 0 Å². The number of ether oxygens (including phenoxy) is 1. The van der Waals surface area contributed by atoms with E-state index >= 15 is 0 Å². The van der Waals surface area contributed by atoms with E-state index in [9.17, 15) is 0 Å². The molecule has 0 aliphatic heterocycles. The minimum absolute atomic E-state index is 0.606. The molecule has 0 radical (unpaired) electrons. The minimum atomic E-state index is 0.606. The highest BCUT2D eigenvalue weighted by Gasteiger charge is 2.07. The SMILES string of the molecule is COCCNc1cc(C)nc(Nc2c(C)cc(C)cc2C)n1. The van der Waals surface area contributed by atoms with Crippen LogP contribution in [0.15, 0.2) is 18.2 Å². The molecular weight excluding hydrogens is 276 g/mol. The van der Waals surface area contributed by atoms with Gasteiger partial charge in [-0.1, -0.05) is 17.7 Å². The lowest BCUT2D eigenvalue weighted by Crippen LogP contribution is -2.11. The number of nitrogens with one attached hydrogen (secondary N) is 2. The third-order valence-corrected chi connectivity index (χ3v) is 3.38. The maximum Gasteiger partial charge on any atom is 0.229 e. The van der Waals surface area contributed by atoms with Crippen LogP contribution in [0.1, 0.15) is 22.4 Å². The first-order valence-electron chi connectivity index (χ1n) is 7.43. The molecule has 0 bridgehead atoms. The van der Waals surface area contributed by atoms with Crippen LogP contribution in [0.25, 0.3) is 0 Å². The zero-order chi connectivity index (χ0) is 16.1. The Morgan fingerprint density at radius 2 is 1.68 bits per heavy atom. The van der Waals surface area contributed by atoms with Gasteiger partial charge in [0.1, 0.15) is 5.82 Å². The third-order valence-electron chi connectivity index (χ3n) is 3.38. The Morgan fingerprint density at radius 1 is 1.00 bits per heavy atom. The molecule has 1 aromatic heterocycles. The molecule has 0 aliphatic carbocycles. The molecular formula is C17H24N4O. The molecule has 0 aliphatic rings. The van der Waals surface area contributed by atoms with E-state index in [-0.39, 0.29) is 0 Å². The summed E-state index contributed by atoms with van der Waals surface area (Å²) in [4.78, 5) is 8.98. The molecule has 0 saturated heterocycles. The lowest BCUT2D eigenvalue weighted by atomic mass is 10.1. The number of benzene rings is 1. The van der Waals surface area contributed by atoms with Crippen molar-refractivity contribution < 1.29 is 4.74 Å². The number of anilines is 3. The Bertz CT molecular complexity index is 632. The molecule has 5 heteroatoms.